The van der Waals surface area contributed by atoms with Crippen LogP contribution < -0.4 is 0 Å². The maximum absolute atomic E-state index is 10.2. The van der Waals surface area contributed by atoms with Crippen molar-refractivity contribution < 1.29 is 9.84 Å². The lowest BCUT2D eigenvalue weighted by Crippen LogP contribution is -2.01. The summed E-state index contributed by atoms with van der Waals surface area (Å²) in [6, 6.07) is 10.00. The van der Waals surface area contributed by atoms with Gasteiger partial charge in [0, 0.05) is 24.3 Å². The van der Waals surface area contributed by atoms with E-state index in [2.05, 4.69) is 4.98 Å². The first-order valence-corrected chi connectivity index (χ1v) is 6.84. The number of hydrogen-bond donors (Lipinski definition) is 1. The number of rotatable bonds is 6. The molecular weight excluding hydrogens is 238 g/mol. The van der Waals surface area contributed by atoms with E-state index in [9.17, 15) is 5.11 Å². The van der Waals surface area contributed by atoms with Gasteiger partial charge in [-0.3, -0.25) is 4.98 Å². The second kappa shape index (κ2) is 6.64. The zero-order valence-corrected chi connectivity index (χ0v) is 11.6. The second-order valence-electron chi connectivity index (χ2n) is 4.76. The molecule has 0 aliphatic rings. The van der Waals surface area contributed by atoms with E-state index in [-0.39, 0.29) is 0 Å². The van der Waals surface area contributed by atoms with Gasteiger partial charge in [-0.15, -0.1) is 0 Å². The molecule has 1 heterocycles. The van der Waals surface area contributed by atoms with E-state index in [4.69, 9.17) is 4.74 Å². The fourth-order valence-electron chi connectivity index (χ4n) is 2.14. The summed E-state index contributed by atoms with van der Waals surface area (Å²) >= 11 is 0. The van der Waals surface area contributed by atoms with E-state index < -0.39 is 6.10 Å². The Labute approximate surface area is 114 Å². The van der Waals surface area contributed by atoms with Crippen molar-refractivity contribution in [1.82, 2.24) is 4.98 Å². The highest BCUT2D eigenvalue weighted by atomic mass is 16.5. The van der Waals surface area contributed by atoms with Crippen LogP contribution in [0.4, 0.5) is 0 Å². The first kappa shape index (κ1) is 14.0. The second-order valence-corrected chi connectivity index (χ2v) is 4.76. The van der Waals surface area contributed by atoms with Crippen LogP contribution in [0.1, 0.15) is 37.1 Å². The zero-order chi connectivity index (χ0) is 13.7. The molecule has 2 rings (SSSR count). The average Bonchev–Trinajstić information content (AvgIpc) is 2.42. The van der Waals surface area contributed by atoms with Gasteiger partial charge in [0.15, 0.2) is 0 Å². The number of aliphatic hydroxyl groups excluding tert-OH is 1. The van der Waals surface area contributed by atoms with Crippen molar-refractivity contribution in [1.29, 1.82) is 0 Å². The molecule has 1 aromatic heterocycles. The Morgan fingerprint density at radius 3 is 2.89 bits per heavy atom. The van der Waals surface area contributed by atoms with Crippen LogP contribution in [0.3, 0.4) is 0 Å². The van der Waals surface area contributed by atoms with Gasteiger partial charge in [-0.05, 0) is 50.5 Å². The van der Waals surface area contributed by atoms with Crippen LogP contribution in [0, 0.1) is 6.92 Å². The molecule has 0 radical (unpaired) electrons. The minimum absolute atomic E-state index is 0.425. The van der Waals surface area contributed by atoms with E-state index in [1.807, 2.05) is 44.2 Å². The molecule has 0 bridgehead atoms. The highest BCUT2D eigenvalue weighted by molar-refractivity contribution is 5.79. The van der Waals surface area contributed by atoms with Crippen molar-refractivity contribution in [2.45, 2.75) is 32.8 Å². The number of fused-ring (bicyclic) bond motifs is 1. The molecule has 0 saturated carbocycles. The number of pyridine rings is 1. The van der Waals surface area contributed by atoms with Crippen LogP contribution >= 0.6 is 0 Å². The van der Waals surface area contributed by atoms with Crippen LogP contribution in [-0.2, 0) is 4.74 Å². The van der Waals surface area contributed by atoms with Crippen molar-refractivity contribution in [2.75, 3.05) is 13.2 Å². The highest BCUT2D eigenvalue weighted by Gasteiger charge is 2.08. The van der Waals surface area contributed by atoms with Crippen molar-refractivity contribution in [3.8, 4) is 0 Å². The van der Waals surface area contributed by atoms with E-state index >= 15 is 0 Å². The molecule has 3 nitrogen and oxygen atoms in total. The smallest absolute Gasteiger partial charge is 0.0791 e. The largest absolute Gasteiger partial charge is 0.388 e. The van der Waals surface area contributed by atoms with Gasteiger partial charge in [-0.2, -0.15) is 0 Å². The normalized spacial score (nSPS) is 12.8. The lowest BCUT2D eigenvalue weighted by molar-refractivity contribution is 0.114. The SMILES string of the molecule is CCOCCCC(O)c1ccc2nc(C)ccc2c1. The maximum Gasteiger partial charge on any atom is 0.0791 e. The van der Waals surface area contributed by atoms with Crippen LogP contribution in [0.15, 0.2) is 30.3 Å². The predicted molar refractivity (Wildman–Crippen MR) is 77.2 cm³/mol. The summed E-state index contributed by atoms with van der Waals surface area (Å²) in [5.41, 5.74) is 2.94. The van der Waals surface area contributed by atoms with E-state index in [1.165, 1.54) is 0 Å². The number of benzene rings is 1. The fraction of sp³-hybridized carbons (Fsp3) is 0.438. The minimum atomic E-state index is -0.425. The van der Waals surface area contributed by atoms with Gasteiger partial charge in [0.2, 0.25) is 0 Å². The summed E-state index contributed by atoms with van der Waals surface area (Å²) in [7, 11) is 0. The minimum Gasteiger partial charge on any atom is -0.388 e. The summed E-state index contributed by atoms with van der Waals surface area (Å²) in [5, 5.41) is 11.2. The van der Waals surface area contributed by atoms with Crippen molar-refractivity contribution in [3.05, 3.63) is 41.6 Å². The zero-order valence-electron chi connectivity index (χ0n) is 11.6. The molecule has 102 valence electrons. The number of aryl methyl sites for hydroxylation is 1. The van der Waals surface area contributed by atoms with Gasteiger partial charge in [-0.1, -0.05) is 12.1 Å². The molecule has 0 spiro atoms. The third kappa shape index (κ3) is 3.75. The average molecular weight is 259 g/mol. The molecule has 1 aromatic carbocycles. The quantitative estimate of drug-likeness (QED) is 0.808. The van der Waals surface area contributed by atoms with Gasteiger partial charge < -0.3 is 9.84 Å². The number of nitrogens with zero attached hydrogens (tertiary/aromatic N) is 1. The summed E-state index contributed by atoms with van der Waals surface area (Å²) < 4.78 is 5.28. The first-order valence-electron chi connectivity index (χ1n) is 6.84. The van der Waals surface area contributed by atoms with Gasteiger partial charge in [0.05, 0.1) is 11.6 Å². The summed E-state index contributed by atoms with van der Waals surface area (Å²) in [6.45, 7) is 5.41. The van der Waals surface area contributed by atoms with E-state index in [0.29, 0.717) is 6.61 Å². The molecule has 0 aliphatic carbocycles. The topological polar surface area (TPSA) is 42.4 Å². The Balaban J connectivity index is 2.05. The molecule has 1 atom stereocenters. The lowest BCUT2D eigenvalue weighted by atomic mass is 10.0. The fourth-order valence-corrected chi connectivity index (χ4v) is 2.14. The lowest BCUT2D eigenvalue weighted by Gasteiger charge is -2.11. The van der Waals surface area contributed by atoms with Gasteiger partial charge in [-0.25, -0.2) is 0 Å². The Bertz CT molecular complexity index is 539. The van der Waals surface area contributed by atoms with Crippen molar-refractivity contribution in [2.24, 2.45) is 0 Å². The predicted octanol–water partition coefficient (Wildman–Crippen LogP) is 3.39. The molecule has 19 heavy (non-hydrogen) atoms. The molecule has 0 saturated heterocycles. The Hall–Kier alpha value is -1.45. The molecule has 0 aliphatic heterocycles. The molecule has 0 amide bonds. The Morgan fingerprint density at radius 1 is 1.26 bits per heavy atom. The standard InChI is InChI=1S/C16H21NO2/c1-3-19-10-4-5-16(18)14-8-9-15-13(11-14)7-6-12(2)17-15/h6-9,11,16,18H,3-5,10H2,1-2H3. The highest BCUT2D eigenvalue weighted by Crippen LogP contribution is 2.22. The molecule has 0 fully saturated rings. The van der Waals surface area contributed by atoms with Crippen molar-refractivity contribution in [3.63, 3.8) is 0 Å². The number of aliphatic hydroxyl groups is 1. The van der Waals surface area contributed by atoms with Crippen molar-refractivity contribution >= 4 is 10.9 Å². The molecule has 1 N–H and O–H groups in total. The van der Waals surface area contributed by atoms with Crippen LogP contribution in [0.5, 0.6) is 0 Å². The molecule has 1 unspecified atom stereocenters. The van der Waals surface area contributed by atoms with Gasteiger partial charge in [0.25, 0.3) is 0 Å². The Kier molecular flexibility index (Phi) is 4.88. The third-order valence-electron chi connectivity index (χ3n) is 3.21. The van der Waals surface area contributed by atoms with Crippen LogP contribution in [0.25, 0.3) is 10.9 Å². The van der Waals surface area contributed by atoms with Gasteiger partial charge >= 0.3 is 0 Å². The van der Waals surface area contributed by atoms with Gasteiger partial charge in [0.1, 0.15) is 0 Å². The maximum atomic E-state index is 10.2. The summed E-state index contributed by atoms with van der Waals surface area (Å²) in [5.74, 6) is 0. The molecular formula is C16H21NO2. The third-order valence-corrected chi connectivity index (χ3v) is 3.21. The summed E-state index contributed by atoms with van der Waals surface area (Å²) in [6.07, 6.45) is 1.18. The van der Waals surface area contributed by atoms with E-state index in [0.717, 1.165) is 41.6 Å². The number of hydrogen-bond acceptors (Lipinski definition) is 3. The molecule has 3 heteroatoms. The Morgan fingerprint density at radius 2 is 2.11 bits per heavy atom. The monoisotopic (exact) mass is 259 g/mol. The summed E-state index contributed by atoms with van der Waals surface area (Å²) in [4.78, 5) is 4.46. The number of aromatic nitrogens is 1. The van der Waals surface area contributed by atoms with Crippen LogP contribution in [-0.4, -0.2) is 23.3 Å². The molecule has 2 aromatic rings. The van der Waals surface area contributed by atoms with E-state index in [1.54, 1.807) is 0 Å². The van der Waals surface area contributed by atoms with Crippen LogP contribution in [0.2, 0.25) is 0 Å². The first-order chi connectivity index (χ1) is 9.20. The number of ether oxygens (including phenoxy) is 1.